The van der Waals surface area contributed by atoms with Gasteiger partial charge in [-0.15, -0.1) is 0 Å². The first kappa shape index (κ1) is 18.2. The van der Waals surface area contributed by atoms with Crippen molar-refractivity contribution in [2.24, 2.45) is 0 Å². The smallest absolute Gasteiger partial charge is 0.233 e. The van der Waals surface area contributed by atoms with Gasteiger partial charge in [0.05, 0.1) is 14.2 Å². The van der Waals surface area contributed by atoms with E-state index in [-0.39, 0.29) is 0 Å². The lowest BCUT2D eigenvalue weighted by atomic mass is 10.2. The third kappa shape index (κ3) is 3.03. The number of methoxy groups -OCH3 is 2. The molecule has 2 heterocycles. The molecule has 0 atom stereocenters. The molecular weight excluding hydrogens is 400 g/mol. The van der Waals surface area contributed by atoms with E-state index in [2.05, 4.69) is 25.9 Å². The standard InChI is InChI=1S/C17H21BrN6O2/c1-5-23(10-7-8-11(25-3)12(9-10)26-4)17-21-14(19)13-15(22-17)24(6-2)16(18)20-13/h7-9H,5-6H2,1-4H3,(H2,19,21,22). The Hall–Kier alpha value is -2.55. The maximum absolute atomic E-state index is 6.15. The molecule has 0 aliphatic rings. The molecule has 0 aliphatic heterocycles. The molecule has 2 aromatic heterocycles. The zero-order valence-electron chi connectivity index (χ0n) is 15.2. The molecule has 0 saturated heterocycles. The van der Waals surface area contributed by atoms with Crippen LogP contribution in [0.25, 0.3) is 11.2 Å². The number of imidazole rings is 1. The normalized spacial score (nSPS) is 11.0. The SMILES string of the molecule is CCN(c1ccc(OC)c(OC)c1)c1nc(N)c2nc(Br)n(CC)c2n1. The minimum absolute atomic E-state index is 0.344. The molecular formula is C17H21BrN6O2. The molecule has 26 heavy (non-hydrogen) atoms. The lowest BCUT2D eigenvalue weighted by Gasteiger charge is -2.22. The van der Waals surface area contributed by atoms with Crippen molar-refractivity contribution >= 4 is 44.5 Å². The molecule has 0 fully saturated rings. The van der Waals surface area contributed by atoms with E-state index in [4.69, 9.17) is 20.2 Å². The summed E-state index contributed by atoms with van der Waals surface area (Å²) < 4.78 is 13.3. The van der Waals surface area contributed by atoms with Crippen LogP contribution in [0.3, 0.4) is 0 Å². The van der Waals surface area contributed by atoms with Gasteiger partial charge in [-0.05, 0) is 41.9 Å². The molecule has 0 spiro atoms. The maximum Gasteiger partial charge on any atom is 0.233 e. The van der Waals surface area contributed by atoms with Gasteiger partial charge in [-0.3, -0.25) is 0 Å². The van der Waals surface area contributed by atoms with Crippen molar-refractivity contribution in [2.45, 2.75) is 20.4 Å². The van der Waals surface area contributed by atoms with Gasteiger partial charge in [-0.2, -0.15) is 9.97 Å². The molecule has 0 bridgehead atoms. The van der Waals surface area contributed by atoms with Gasteiger partial charge in [0.25, 0.3) is 0 Å². The van der Waals surface area contributed by atoms with Gasteiger partial charge in [0.2, 0.25) is 5.95 Å². The summed E-state index contributed by atoms with van der Waals surface area (Å²) in [5, 5.41) is 0. The van der Waals surface area contributed by atoms with E-state index in [0.717, 1.165) is 12.2 Å². The van der Waals surface area contributed by atoms with Crippen LogP contribution in [0.5, 0.6) is 11.5 Å². The molecule has 0 aliphatic carbocycles. The largest absolute Gasteiger partial charge is 0.493 e. The Morgan fingerprint density at radius 2 is 1.85 bits per heavy atom. The van der Waals surface area contributed by atoms with Crippen molar-refractivity contribution in [3.05, 3.63) is 22.9 Å². The highest BCUT2D eigenvalue weighted by Crippen LogP contribution is 2.34. The Labute approximate surface area is 160 Å². The lowest BCUT2D eigenvalue weighted by molar-refractivity contribution is 0.355. The number of hydrogen-bond donors (Lipinski definition) is 1. The van der Waals surface area contributed by atoms with Gasteiger partial charge in [-0.25, -0.2) is 4.98 Å². The van der Waals surface area contributed by atoms with Crippen LogP contribution in [0.2, 0.25) is 0 Å². The van der Waals surface area contributed by atoms with E-state index in [0.29, 0.717) is 45.7 Å². The Bertz CT molecular complexity index is 943. The number of nitrogens with two attached hydrogens (primary N) is 1. The third-order valence-electron chi connectivity index (χ3n) is 4.12. The molecule has 0 radical (unpaired) electrons. The third-order valence-corrected chi connectivity index (χ3v) is 4.72. The van der Waals surface area contributed by atoms with Crippen LogP contribution in [-0.2, 0) is 6.54 Å². The second kappa shape index (κ2) is 7.36. The number of fused-ring (bicyclic) bond motifs is 1. The zero-order valence-corrected chi connectivity index (χ0v) is 16.7. The minimum atomic E-state index is 0.344. The monoisotopic (exact) mass is 420 g/mol. The Morgan fingerprint density at radius 1 is 1.12 bits per heavy atom. The number of ether oxygens (including phenoxy) is 2. The van der Waals surface area contributed by atoms with Crippen molar-refractivity contribution in [3.63, 3.8) is 0 Å². The topological polar surface area (TPSA) is 91.3 Å². The van der Waals surface area contributed by atoms with Crippen molar-refractivity contribution < 1.29 is 9.47 Å². The Balaban J connectivity index is 2.14. The summed E-state index contributed by atoms with van der Waals surface area (Å²) in [6.07, 6.45) is 0. The van der Waals surface area contributed by atoms with E-state index in [1.165, 1.54) is 0 Å². The predicted molar refractivity (Wildman–Crippen MR) is 105 cm³/mol. The summed E-state index contributed by atoms with van der Waals surface area (Å²) in [5.41, 5.74) is 8.31. The van der Waals surface area contributed by atoms with E-state index in [9.17, 15) is 0 Å². The van der Waals surface area contributed by atoms with Gasteiger partial charge in [0, 0.05) is 24.8 Å². The number of nitrogen functional groups attached to an aromatic ring is 1. The highest BCUT2D eigenvalue weighted by atomic mass is 79.9. The molecule has 0 amide bonds. The van der Waals surface area contributed by atoms with Gasteiger partial charge in [0.15, 0.2) is 33.2 Å². The molecule has 138 valence electrons. The lowest BCUT2D eigenvalue weighted by Crippen LogP contribution is -2.20. The van der Waals surface area contributed by atoms with E-state index in [1.807, 2.05) is 41.5 Å². The van der Waals surface area contributed by atoms with Gasteiger partial charge in [-0.1, -0.05) is 0 Å². The summed E-state index contributed by atoms with van der Waals surface area (Å²) >= 11 is 3.45. The number of aromatic nitrogens is 4. The molecule has 8 nitrogen and oxygen atoms in total. The number of rotatable bonds is 6. The van der Waals surface area contributed by atoms with Gasteiger partial charge >= 0.3 is 0 Å². The van der Waals surface area contributed by atoms with Crippen molar-refractivity contribution in [1.29, 1.82) is 0 Å². The first-order chi connectivity index (χ1) is 12.5. The van der Waals surface area contributed by atoms with Crippen LogP contribution in [-0.4, -0.2) is 40.3 Å². The highest BCUT2D eigenvalue weighted by Gasteiger charge is 2.19. The fraction of sp³-hybridized carbons (Fsp3) is 0.353. The molecule has 2 N–H and O–H groups in total. The summed E-state index contributed by atoms with van der Waals surface area (Å²) in [6.45, 7) is 5.42. The van der Waals surface area contributed by atoms with Crippen LogP contribution in [0.4, 0.5) is 17.5 Å². The van der Waals surface area contributed by atoms with E-state index in [1.54, 1.807) is 14.2 Å². The minimum Gasteiger partial charge on any atom is -0.493 e. The molecule has 0 saturated carbocycles. The Morgan fingerprint density at radius 3 is 2.46 bits per heavy atom. The second-order valence-corrected chi connectivity index (χ2v) is 6.20. The first-order valence-electron chi connectivity index (χ1n) is 8.22. The number of nitrogens with zero attached hydrogens (tertiary/aromatic N) is 5. The fourth-order valence-corrected chi connectivity index (χ4v) is 3.41. The maximum atomic E-state index is 6.15. The summed E-state index contributed by atoms with van der Waals surface area (Å²) in [6, 6.07) is 5.67. The summed E-state index contributed by atoms with van der Waals surface area (Å²) in [5.74, 6) is 2.15. The zero-order chi connectivity index (χ0) is 18.8. The molecule has 9 heteroatoms. The van der Waals surface area contributed by atoms with Gasteiger partial charge in [0.1, 0.15) is 0 Å². The van der Waals surface area contributed by atoms with Crippen LogP contribution in [0.15, 0.2) is 22.9 Å². The van der Waals surface area contributed by atoms with Crippen LogP contribution in [0.1, 0.15) is 13.8 Å². The average molecular weight is 421 g/mol. The number of aryl methyl sites for hydroxylation is 1. The molecule has 3 rings (SSSR count). The number of hydrogen-bond acceptors (Lipinski definition) is 7. The number of halogens is 1. The first-order valence-corrected chi connectivity index (χ1v) is 9.02. The second-order valence-electron chi connectivity index (χ2n) is 5.49. The van der Waals surface area contributed by atoms with E-state index >= 15 is 0 Å². The number of benzene rings is 1. The fourth-order valence-electron chi connectivity index (χ4n) is 2.82. The van der Waals surface area contributed by atoms with Crippen LogP contribution in [0, 0.1) is 0 Å². The average Bonchev–Trinajstić information content (AvgIpc) is 2.98. The van der Waals surface area contributed by atoms with Gasteiger partial charge < -0.3 is 24.7 Å². The highest BCUT2D eigenvalue weighted by molar-refractivity contribution is 9.10. The quantitative estimate of drug-likeness (QED) is 0.611. The predicted octanol–water partition coefficient (Wildman–Crippen LogP) is 3.37. The van der Waals surface area contributed by atoms with Crippen molar-refractivity contribution in [1.82, 2.24) is 19.5 Å². The van der Waals surface area contributed by atoms with E-state index < -0.39 is 0 Å². The summed E-state index contributed by atoms with van der Waals surface area (Å²) in [7, 11) is 3.21. The number of anilines is 3. The molecule has 1 aromatic carbocycles. The van der Waals surface area contributed by atoms with Crippen LogP contribution < -0.4 is 20.1 Å². The van der Waals surface area contributed by atoms with Crippen molar-refractivity contribution in [3.8, 4) is 11.5 Å². The van der Waals surface area contributed by atoms with Crippen molar-refractivity contribution in [2.75, 3.05) is 31.4 Å². The summed E-state index contributed by atoms with van der Waals surface area (Å²) in [4.78, 5) is 15.5. The molecule has 3 aromatic rings. The Kier molecular flexibility index (Phi) is 5.17. The van der Waals surface area contributed by atoms with Crippen LogP contribution >= 0.6 is 15.9 Å². The molecule has 0 unspecified atom stereocenters.